The van der Waals surface area contributed by atoms with Crippen LogP contribution in [0, 0.1) is 18.3 Å². The summed E-state index contributed by atoms with van der Waals surface area (Å²) >= 11 is 0. The van der Waals surface area contributed by atoms with Gasteiger partial charge in [0, 0.05) is 13.2 Å². The number of nitrogens with one attached hydrogen (secondary N) is 1. The third-order valence-electron chi connectivity index (χ3n) is 1.39. The molecule has 0 unspecified atom stereocenters. The van der Waals surface area contributed by atoms with Gasteiger partial charge in [-0.3, -0.25) is 0 Å². The van der Waals surface area contributed by atoms with Gasteiger partial charge in [0.2, 0.25) is 0 Å². The van der Waals surface area contributed by atoms with Gasteiger partial charge in [0.1, 0.15) is 5.82 Å². The summed E-state index contributed by atoms with van der Waals surface area (Å²) in [5, 5.41) is 7.94. The molecule has 0 saturated carbocycles. The van der Waals surface area contributed by atoms with Gasteiger partial charge in [-0.25, -0.2) is 10.5 Å². The normalized spacial score (nSPS) is 8.60. The Hall–Kier alpha value is -1.64. The predicted molar refractivity (Wildman–Crippen MR) is 58.6 cm³/mol. The molecular formula is C10H16N4O. The van der Waals surface area contributed by atoms with Gasteiger partial charge in [-0.2, -0.15) is 5.26 Å². The predicted octanol–water partition coefficient (Wildman–Crippen LogP) is 1.02. The van der Waals surface area contributed by atoms with Gasteiger partial charge in [0.25, 0.3) is 0 Å². The van der Waals surface area contributed by atoms with Crippen LogP contribution in [0.5, 0.6) is 0 Å². The molecule has 0 aromatic carbocycles. The molecule has 0 spiro atoms. The molecule has 0 radical (unpaired) electrons. The Labute approximate surface area is 89.8 Å². The summed E-state index contributed by atoms with van der Waals surface area (Å²) in [5.41, 5.74) is 8.91. The van der Waals surface area contributed by atoms with Crippen molar-refractivity contribution in [3.63, 3.8) is 0 Å². The Kier molecular flexibility index (Phi) is 7.96. The Morgan fingerprint density at radius 1 is 1.60 bits per heavy atom. The SMILES string of the molecule is CNOCCC#N.Cc1ccc(N)nc1. The van der Waals surface area contributed by atoms with Crippen LogP contribution in [-0.4, -0.2) is 18.6 Å². The van der Waals surface area contributed by atoms with E-state index in [0.29, 0.717) is 18.8 Å². The highest BCUT2D eigenvalue weighted by Crippen LogP contribution is 1.97. The fourth-order valence-corrected chi connectivity index (χ4v) is 0.678. The molecule has 0 fully saturated rings. The number of hydroxylamine groups is 1. The number of aryl methyl sites for hydroxylation is 1. The lowest BCUT2D eigenvalue weighted by molar-refractivity contribution is 0.0623. The number of nitrogens with two attached hydrogens (primary N) is 1. The van der Waals surface area contributed by atoms with Crippen molar-refractivity contribution < 1.29 is 4.84 Å². The van der Waals surface area contributed by atoms with Crippen molar-refractivity contribution in [1.82, 2.24) is 10.5 Å². The summed E-state index contributed by atoms with van der Waals surface area (Å²) in [6.07, 6.45) is 2.19. The van der Waals surface area contributed by atoms with E-state index in [4.69, 9.17) is 11.0 Å². The highest BCUT2D eigenvalue weighted by atomic mass is 16.6. The number of anilines is 1. The average Bonchev–Trinajstić information content (AvgIpc) is 2.24. The van der Waals surface area contributed by atoms with Gasteiger partial charge in [-0.1, -0.05) is 6.07 Å². The zero-order valence-electron chi connectivity index (χ0n) is 9.03. The molecule has 0 amide bonds. The lowest BCUT2D eigenvalue weighted by Gasteiger charge is -1.91. The number of pyridine rings is 1. The first-order chi connectivity index (χ1) is 7.20. The quantitative estimate of drug-likeness (QED) is 0.572. The van der Waals surface area contributed by atoms with Crippen LogP contribution in [0.25, 0.3) is 0 Å². The summed E-state index contributed by atoms with van der Waals surface area (Å²) < 4.78 is 0. The van der Waals surface area contributed by atoms with E-state index in [2.05, 4.69) is 15.3 Å². The minimum atomic E-state index is 0.445. The maximum atomic E-state index is 7.94. The van der Waals surface area contributed by atoms with Crippen LogP contribution in [0.15, 0.2) is 18.3 Å². The Morgan fingerprint density at radius 3 is 2.73 bits per heavy atom. The molecule has 0 bridgehead atoms. The smallest absolute Gasteiger partial charge is 0.123 e. The first-order valence-corrected chi connectivity index (χ1v) is 4.54. The molecule has 1 heterocycles. The molecule has 15 heavy (non-hydrogen) atoms. The second-order valence-electron chi connectivity index (χ2n) is 2.72. The number of nitriles is 1. The van der Waals surface area contributed by atoms with Crippen LogP contribution in [0.4, 0.5) is 5.82 Å². The van der Waals surface area contributed by atoms with Gasteiger partial charge >= 0.3 is 0 Å². The minimum Gasteiger partial charge on any atom is -0.384 e. The molecule has 1 rings (SSSR count). The van der Waals surface area contributed by atoms with E-state index in [1.807, 2.05) is 19.1 Å². The fourth-order valence-electron chi connectivity index (χ4n) is 0.678. The molecule has 0 saturated heterocycles. The highest BCUT2D eigenvalue weighted by Gasteiger charge is 1.81. The number of rotatable bonds is 3. The van der Waals surface area contributed by atoms with Crippen molar-refractivity contribution in [3.05, 3.63) is 23.9 Å². The third-order valence-corrected chi connectivity index (χ3v) is 1.39. The van der Waals surface area contributed by atoms with Crippen molar-refractivity contribution in [1.29, 1.82) is 5.26 Å². The van der Waals surface area contributed by atoms with Crippen molar-refractivity contribution in [3.8, 4) is 6.07 Å². The number of nitrogen functional groups attached to an aromatic ring is 1. The van der Waals surface area contributed by atoms with Crippen molar-refractivity contribution in [2.75, 3.05) is 19.4 Å². The number of hydrogen-bond donors (Lipinski definition) is 2. The van der Waals surface area contributed by atoms with E-state index in [-0.39, 0.29) is 0 Å². The number of nitrogens with zero attached hydrogens (tertiary/aromatic N) is 2. The van der Waals surface area contributed by atoms with Gasteiger partial charge in [-0.15, -0.1) is 0 Å². The van der Waals surface area contributed by atoms with E-state index in [1.54, 1.807) is 19.3 Å². The van der Waals surface area contributed by atoms with Crippen molar-refractivity contribution >= 4 is 5.82 Å². The molecule has 0 aliphatic heterocycles. The first kappa shape index (κ1) is 13.4. The molecule has 3 N–H and O–H groups in total. The molecule has 1 aromatic heterocycles. The van der Waals surface area contributed by atoms with Gasteiger partial charge in [0.05, 0.1) is 19.1 Å². The van der Waals surface area contributed by atoms with E-state index in [1.165, 1.54) is 0 Å². The zero-order valence-corrected chi connectivity index (χ0v) is 9.03. The van der Waals surface area contributed by atoms with Gasteiger partial charge in [0.15, 0.2) is 0 Å². The summed E-state index contributed by atoms with van der Waals surface area (Å²) in [6.45, 7) is 2.44. The monoisotopic (exact) mass is 208 g/mol. The first-order valence-electron chi connectivity index (χ1n) is 4.54. The molecular weight excluding hydrogens is 192 g/mol. The lowest BCUT2D eigenvalue weighted by atomic mass is 10.3. The van der Waals surface area contributed by atoms with E-state index in [9.17, 15) is 0 Å². The Balaban J connectivity index is 0.000000265. The lowest BCUT2D eigenvalue weighted by Crippen LogP contribution is -2.07. The summed E-state index contributed by atoms with van der Waals surface area (Å²) in [6, 6.07) is 5.66. The fraction of sp³-hybridized carbons (Fsp3) is 0.400. The summed E-state index contributed by atoms with van der Waals surface area (Å²) in [4.78, 5) is 8.46. The largest absolute Gasteiger partial charge is 0.384 e. The van der Waals surface area contributed by atoms with E-state index in [0.717, 1.165) is 5.56 Å². The van der Waals surface area contributed by atoms with Crippen molar-refractivity contribution in [2.45, 2.75) is 13.3 Å². The van der Waals surface area contributed by atoms with E-state index < -0.39 is 0 Å². The maximum Gasteiger partial charge on any atom is 0.123 e. The van der Waals surface area contributed by atoms with Crippen LogP contribution in [-0.2, 0) is 4.84 Å². The summed E-state index contributed by atoms with van der Waals surface area (Å²) in [5.74, 6) is 0.579. The summed E-state index contributed by atoms with van der Waals surface area (Å²) in [7, 11) is 1.66. The standard InChI is InChI=1S/C6H8N2.C4H8N2O/c1-5-2-3-6(7)8-4-5;1-6-7-4-2-3-5/h2-4H,1H3,(H2,7,8);6H,2,4H2,1H3. The number of hydrogen-bond acceptors (Lipinski definition) is 5. The van der Waals surface area contributed by atoms with Crippen molar-refractivity contribution in [2.24, 2.45) is 0 Å². The molecule has 1 aromatic rings. The average molecular weight is 208 g/mol. The topological polar surface area (TPSA) is 84.0 Å². The highest BCUT2D eigenvalue weighted by molar-refractivity contribution is 5.28. The maximum absolute atomic E-state index is 7.94. The number of aromatic nitrogens is 1. The zero-order chi connectivity index (χ0) is 11.5. The van der Waals surface area contributed by atoms with Crippen LogP contribution in [0.2, 0.25) is 0 Å². The minimum absolute atomic E-state index is 0.445. The molecule has 5 nitrogen and oxygen atoms in total. The molecule has 5 heteroatoms. The Morgan fingerprint density at radius 2 is 2.33 bits per heavy atom. The second-order valence-corrected chi connectivity index (χ2v) is 2.72. The molecule has 0 aliphatic rings. The molecule has 82 valence electrons. The molecule has 0 aliphatic carbocycles. The Bertz CT molecular complexity index is 270. The third kappa shape index (κ3) is 8.68. The molecule has 0 atom stereocenters. The van der Waals surface area contributed by atoms with E-state index >= 15 is 0 Å². The van der Waals surface area contributed by atoms with Crippen LogP contribution in [0.3, 0.4) is 0 Å². The van der Waals surface area contributed by atoms with Crippen LogP contribution in [0.1, 0.15) is 12.0 Å². The van der Waals surface area contributed by atoms with Gasteiger partial charge < -0.3 is 10.6 Å². The second kappa shape index (κ2) is 8.94. The van der Waals surface area contributed by atoms with Crippen LogP contribution < -0.4 is 11.2 Å². The van der Waals surface area contributed by atoms with Gasteiger partial charge in [-0.05, 0) is 18.6 Å². The van der Waals surface area contributed by atoms with Crippen LogP contribution >= 0.6 is 0 Å².